The number of rotatable bonds is 9. The molecule has 160 valence electrons. The van der Waals surface area contributed by atoms with E-state index in [9.17, 15) is 0 Å². The first-order chi connectivity index (χ1) is 13.4. The third kappa shape index (κ3) is 6.37. The van der Waals surface area contributed by atoms with Gasteiger partial charge in [-0.15, -0.1) is 10.2 Å². The van der Waals surface area contributed by atoms with Gasteiger partial charge in [0.2, 0.25) is 0 Å². The lowest BCUT2D eigenvalue weighted by Crippen LogP contribution is -2.45. The van der Waals surface area contributed by atoms with E-state index in [4.69, 9.17) is 4.74 Å². The predicted molar refractivity (Wildman–Crippen MR) is 117 cm³/mol. The molecule has 1 aliphatic rings. The summed E-state index contributed by atoms with van der Waals surface area (Å²) >= 11 is 1.70. The molecule has 1 aromatic rings. The zero-order valence-corrected chi connectivity index (χ0v) is 19.2. The van der Waals surface area contributed by atoms with Gasteiger partial charge in [0, 0.05) is 39.7 Å². The van der Waals surface area contributed by atoms with Gasteiger partial charge in [0.15, 0.2) is 11.1 Å². The third-order valence-electron chi connectivity index (χ3n) is 5.41. The highest BCUT2D eigenvalue weighted by atomic mass is 32.2. The summed E-state index contributed by atoms with van der Waals surface area (Å²) in [5, 5.41) is 16.7. The fourth-order valence-electron chi connectivity index (χ4n) is 3.75. The van der Waals surface area contributed by atoms with Crippen molar-refractivity contribution in [1.29, 1.82) is 0 Å². The number of methoxy groups -OCH3 is 1. The molecule has 2 N–H and O–H groups in total. The van der Waals surface area contributed by atoms with Crippen molar-refractivity contribution in [2.45, 2.75) is 76.6 Å². The Labute approximate surface area is 174 Å². The molecular formula is C20H38N6OS. The number of hydrogen-bond acceptors (Lipinski definition) is 5. The second-order valence-electron chi connectivity index (χ2n) is 8.49. The fourth-order valence-corrected chi connectivity index (χ4v) is 4.33. The van der Waals surface area contributed by atoms with Crippen LogP contribution in [0.1, 0.15) is 64.7 Å². The van der Waals surface area contributed by atoms with E-state index >= 15 is 0 Å². The maximum absolute atomic E-state index is 5.60. The maximum Gasteiger partial charge on any atom is 0.191 e. The predicted octanol–water partition coefficient (Wildman–Crippen LogP) is 3.27. The molecule has 8 heteroatoms. The van der Waals surface area contributed by atoms with Crippen LogP contribution >= 0.6 is 11.8 Å². The number of thioether (sulfide) groups is 1. The summed E-state index contributed by atoms with van der Waals surface area (Å²) in [5.41, 5.74) is 0.0832. The van der Waals surface area contributed by atoms with Gasteiger partial charge < -0.3 is 19.9 Å². The maximum atomic E-state index is 5.60. The van der Waals surface area contributed by atoms with Crippen molar-refractivity contribution in [1.82, 2.24) is 25.4 Å². The lowest BCUT2D eigenvalue weighted by atomic mass is 9.89. The number of aliphatic imine (C=N–C) groups is 1. The van der Waals surface area contributed by atoms with E-state index in [0.29, 0.717) is 6.04 Å². The number of nitrogens with one attached hydrogen (secondary N) is 2. The molecule has 1 unspecified atom stereocenters. The number of aromatic nitrogens is 3. The molecule has 1 heterocycles. The Balaban J connectivity index is 1.81. The van der Waals surface area contributed by atoms with Crippen LogP contribution in [0.15, 0.2) is 10.1 Å². The van der Waals surface area contributed by atoms with Gasteiger partial charge in [-0.2, -0.15) is 0 Å². The standard InChI is InChI=1S/C20H38N6OS/c1-20(2,3)16(27-5)14-23-18(21-4)22-13-9-12-17-24-25-19(28-6)26(17)15-10-7-8-11-15/h15-16H,7-14H2,1-6H3,(H2,21,22,23). The molecule has 1 fully saturated rings. The summed E-state index contributed by atoms with van der Waals surface area (Å²) in [6.45, 7) is 8.12. The first-order valence-corrected chi connectivity index (χ1v) is 11.6. The number of ether oxygens (including phenoxy) is 1. The minimum atomic E-state index is 0.0832. The van der Waals surface area contributed by atoms with Crippen LogP contribution in [0.5, 0.6) is 0 Å². The Bertz CT molecular complexity index is 619. The largest absolute Gasteiger partial charge is 0.379 e. The zero-order chi connectivity index (χ0) is 20.6. The molecule has 0 bridgehead atoms. The van der Waals surface area contributed by atoms with E-state index in [1.165, 1.54) is 25.7 Å². The number of hydrogen-bond donors (Lipinski definition) is 2. The van der Waals surface area contributed by atoms with Crippen LogP contribution in [-0.4, -0.2) is 60.3 Å². The molecule has 1 aliphatic carbocycles. The Morgan fingerprint density at radius 1 is 1.29 bits per heavy atom. The van der Waals surface area contributed by atoms with E-state index in [1.54, 1.807) is 25.9 Å². The van der Waals surface area contributed by atoms with E-state index in [1.807, 2.05) is 0 Å². The van der Waals surface area contributed by atoms with Gasteiger partial charge in [-0.1, -0.05) is 45.4 Å². The van der Waals surface area contributed by atoms with Crippen LogP contribution < -0.4 is 10.6 Å². The Morgan fingerprint density at radius 2 is 2.00 bits per heavy atom. The Hall–Kier alpha value is -1.28. The SMILES string of the molecule is CN=C(NCCCc1nnc(SC)n1C1CCCC1)NCC(OC)C(C)(C)C. The first-order valence-electron chi connectivity index (χ1n) is 10.4. The molecule has 1 atom stereocenters. The molecule has 0 aromatic carbocycles. The van der Waals surface area contributed by atoms with E-state index in [0.717, 1.165) is 42.9 Å². The monoisotopic (exact) mass is 410 g/mol. The second-order valence-corrected chi connectivity index (χ2v) is 9.26. The molecule has 0 saturated heterocycles. The van der Waals surface area contributed by atoms with Gasteiger partial charge in [-0.25, -0.2) is 0 Å². The summed E-state index contributed by atoms with van der Waals surface area (Å²) in [4.78, 5) is 4.32. The Morgan fingerprint density at radius 3 is 2.57 bits per heavy atom. The zero-order valence-electron chi connectivity index (χ0n) is 18.4. The van der Waals surface area contributed by atoms with Crippen LogP contribution in [0.2, 0.25) is 0 Å². The van der Waals surface area contributed by atoms with Gasteiger partial charge in [0.1, 0.15) is 5.82 Å². The highest BCUT2D eigenvalue weighted by Crippen LogP contribution is 2.33. The molecule has 0 amide bonds. The third-order valence-corrected chi connectivity index (χ3v) is 6.05. The minimum Gasteiger partial charge on any atom is -0.379 e. The smallest absolute Gasteiger partial charge is 0.191 e. The van der Waals surface area contributed by atoms with Crippen molar-refractivity contribution in [3.63, 3.8) is 0 Å². The molecule has 7 nitrogen and oxygen atoms in total. The summed E-state index contributed by atoms with van der Waals surface area (Å²) in [5.74, 6) is 1.93. The van der Waals surface area contributed by atoms with E-state index in [2.05, 4.69) is 57.4 Å². The summed E-state index contributed by atoms with van der Waals surface area (Å²) < 4.78 is 7.99. The van der Waals surface area contributed by atoms with Crippen molar-refractivity contribution >= 4 is 17.7 Å². The lowest BCUT2D eigenvalue weighted by Gasteiger charge is -2.30. The quantitative estimate of drug-likeness (QED) is 0.282. The van der Waals surface area contributed by atoms with E-state index < -0.39 is 0 Å². The Kier molecular flexibility index (Phi) is 9.08. The molecule has 28 heavy (non-hydrogen) atoms. The number of aryl methyl sites for hydroxylation is 1. The van der Waals surface area contributed by atoms with Crippen molar-refractivity contribution in [3.8, 4) is 0 Å². The van der Waals surface area contributed by atoms with Crippen molar-refractivity contribution < 1.29 is 4.74 Å². The molecule has 1 aromatic heterocycles. The second kappa shape index (κ2) is 11.0. The molecule has 0 spiro atoms. The van der Waals surface area contributed by atoms with Crippen LogP contribution in [-0.2, 0) is 11.2 Å². The highest BCUT2D eigenvalue weighted by molar-refractivity contribution is 7.98. The number of nitrogens with zero attached hydrogens (tertiary/aromatic N) is 4. The number of guanidine groups is 1. The average molecular weight is 411 g/mol. The van der Waals surface area contributed by atoms with Gasteiger partial charge >= 0.3 is 0 Å². The highest BCUT2D eigenvalue weighted by Gasteiger charge is 2.25. The average Bonchev–Trinajstić information content (AvgIpc) is 3.31. The summed E-state index contributed by atoms with van der Waals surface area (Å²) in [7, 11) is 3.56. The van der Waals surface area contributed by atoms with Crippen molar-refractivity contribution in [2.75, 3.05) is 33.5 Å². The van der Waals surface area contributed by atoms with Gasteiger partial charge in [0.25, 0.3) is 0 Å². The van der Waals surface area contributed by atoms with Crippen molar-refractivity contribution in [3.05, 3.63) is 5.82 Å². The van der Waals surface area contributed by atoms with Gasteiger partial charge in [-0.3, -0.25) is 4.99 Å². The lowest BCUT2D eigenvalue weighted by molar-refractivity contribution is 0.0205. The molecule has 1 saturated carbocycles. The van der Waals surface area contributed by atoms with E-state index in [-0.39, 0.29) is 11.5 Å². The normalized spacial score (nSPS) is 17.1. The molecule has 2 rings (SSSR count). The van der Waals surface area contributed by atoms with Gasteiger partial charge in [-0.05, 0) is 30.9 Å². The molecule has 0 radical (unpaired) electrons. The summed E-state index contributed by atoms with van der Waals surface area (Å²) in [6, 6.07) is 0.582. The van der Waals surface area contributed by atoms with Crippen LogP contribution in [0.3, 0.4) is 0 Å². The van der Waals surface area contributed by atoms with Crippen LogP contribution in [0.4, 0.5) is 0 Å². The summed E-state index contributed by atoms with van der Waals surface area (Å²) in [6.07, 6.45) is 9.27. The van der Waals surface area contributed by atoms with Crippen molar-refractivity contribution in [2.24, 2.45) is 10.4 Å². The van der Waals surface area contributed by atoms with Crippen LogP contribution in [0.25, 0.3) is 0 Å². The topological polar surface area (TPSA) is 76.4 Å². The fraction of sp³-hybridized carbons (Fsp3) is 0.850. The minimum absolute atomic E-state index is 0.0832. The molecular weight excluding hydrogens is 372 g/mol. The van der Waals surface area contributed by atoms with Crippen LogP contribution in [0, 0.1) is 5.41 Å². The molecule has 0 aliphatic heterocycles. The van der Waals surface area contributed by atoms with Gasteiger partial charge in [0.05, 0.1) is 6.10 Å². The first kappa shape index (κ1) is 23.0.